The normalized spacial score (nSPS) is 20.1. The van der Waals surface area contributed by atoms with E-state index in [1.54, 1.807) is 12.2 Å². The zero-order valence-corrected chi connectivity index (χ0v) is 15.3. The number of nitrogens with zero attached hydrogens (tertiary/aromatic N) is 1. The Morgan fingerprint density at radius 2 is 2.08 bits per heavy atom. The van der Waals surface area contributed by atoms with Crippen LogP contribution in [-0.4, -0.2) is 45.0 Å². The maximum absolute atomic E-state index is 11.7. The van der Waals surface area contributed by atoms with Gasteiger partial charge in [0.15, 0.2) is 0 Å². The number of hydrogen-bond acceptors (Lipinski definition) is 5. The first kappa shape index (κ1) is 19.9. The second-order valence-corrected chi connectivity index (χ2v) is 6.80. The van der Waals surface area contributed by atoms with Gasteiger partial charge in [0.2, 0.25) is 0 Å². The maximum Gasteiger partial charge on any atom is 0.354 e. The SMILES string of the molecule is CCC=CC=C1CSC(C(NCc2ccccc2)C(=O)O)N=C1C(=O)O. The van der Waals surface area contributed by atoms with Crippen LogP contribution < -0.4 is 5.32 Å². The molecule has 0 aromatic heterocycles. The Labute approximate surface area is 156 Å². The van der Waals surface area contributed by atoms with Gasteiger partial charge in [-0.15, -0.1) is 11.8 Å². The summed E-state index contributed by atoms with van der Waals surface area (Å²) in [6, 6.07) is 8.47. The van der Waals surface area contributed by atoms with Gasteiger partial charge in [0.1, 0.15) is 17.1 Å². The largest absolute Gasteiger partial charge is 0.480 e. The molecule has 0 bridgehead atoms. The lowest BCUT2D eigenvalue weighted by Crippen LogP contribution is -2.45. The summed E-state index contributed by atoms with van der Waals surface area (Å²) in [6.07, 6.45) is 6.30. The lowest BCUT2D eigenvalue weighted by atomic mass is 10.1. The van der Waals surface area contributed by atoms with E-state index in [0.29, 0.717) is 17.9 Å². The van der Waals surface area contributed by atoms with Gasteiger partial charge in [-0.1, -0.05) is 55.5 Å². The van der Waals surface area contributed by atoms with Crippen LogP contribution in [0.3, 0.4) is 0 Å². The molecule has 2 unspecified atom stereocenters. The van der Waals surface area contributed by atoms with Crippen LogP contribution in [0.1, 0.15) is 18.9 Å². The number of carboxylic acids is 2. The van der Waals surface area contributed by atoms with E-state index in [9.17, 15) is 19.8 Å². The molecule has 0 aliphatic carbocycles. The number of allylic oxidation sites excluding steroid dienone is 3. The van der Waals surface area contributed by atoms with E-state index in [4.69, 9.17) is 0 Å². The van der Waals surface area contributed by atoms with Crippen molar-refractivity contribution in [2.75, 3.05) is 5.75 Å². The predicted molar refractivity (Wildman–Crippen MR) is 104 cm³/mol. The number of carbonyl (C=O) groups is 2. The van der Waals surface area contributed by atoms with Gasteiger partial charge in [-0.3, -0.25) is 15.1 Å². The van der Waals surface area contributed by atoms with E-state index >= 15 is 0 Å². The van der Waals surface area contributed by atoms with Crippen molar-refractivity contribution in [1.29, 1.82) is 0 Å². The standard InChI is InChI=1S/C19H22N2O4S/c1-2-3-5-10-14-12-26-17(21-15(14)18(22)23)16(19(24)25)20-11-13-8-6-4-7-9-13/h3-10,16-17,20H,2,11-12H2,1H3,(H,22,23)(H,24,25). The first-order valence-electron chi connectivity index (χ1n) is 8.31. The highest BCUT2D eigenvalue weighted by atomic mass is 32.2. The number of benzene rings is 1. The number of rotatable bonds is 8. The summed E-state index contributed by atoms with van der Waals surface area (Å²) in [7, 11) is 0. The highest BCUT2D eigenvalue weighted by Crippen LogP contribution is 2.27. The van der Waals surface area contributed by atoms with Gasteiger partial charge in [0.05, 0.1) is 0 Å². The van der Waals surface area contributed by atoms with Crippen LogP contribution >= 0.6 is 11.8 Å². The summed E-state index contributed by atoms with van der Waals surface area (Å²) in [5.41, 5.74) is 1.48. The van der Waals surface area contributed by atoms with E-state index in [1.807, 2.05) is 43.3 Å². The molecule has 0 saturated heterocycles. The number of carboxylic acid groups (broad SMARTS) is 2. The molecule has 1 aromatic carbocycles. The smallest absolute Gasteiger partial charge is 0.354 e. The fourth-order valence-electron chi connectivity index (χ4n) is 2.44. The van der Waals surface area contributed by atoms with Gasteiger partial charge < -0.3 is 10.2 Å². The summed E-state index contributed by atoms with van der Waals surface area (Å²) in [4.78, 5) is 27.4. The minimum absolute atomic E-state index is 0.0673. The molecule has 138 valence electrons. The third kappa shape index (κ3) is 5.57. The monoisotopic (exact) mass is 374 g/mol. The predicted octanol–water partition coefficient (Wildman–Crippen LogP) is 2.72. The molecule has 3 N–H and O–H groups in total. The van der Waals surface area contributed by atoms with Crippen LogP contribution in [0.25, 0.3) is 0 Å². The van der Waals surface area contributed by atoms with Crippen molar-refractivity contribution in [2.24, 2.45) is 4.99 Å². The van der Waals surface area contributed by atoms with E-state index < -0.39 is 23.4 Å². The van der Waals surface area contributed by atoms with Crippen LogP contribution in [0.5, 0.6) is 0 Å². The molecule has 0 radical (unpaired) electrons. The van der Waals surface area contributed by atoms with E-state index in [-0.39, 0.29) is 5.71 Å². The van der Waals surface area contributed by atoms with Gasteiger partial charge in [-0.2, -0.15) is 0 Å². The molecule has 0 fully saturated rings. The molecule has 1 aliphatic rings. The Hall–Kier alpha value is -2.38. The van der Waals surface area contributed by atoms with Crippen molar-refractivity contribution < 1.29 is 19.8 Å². The van der Waals surface area contributed by atoms with Crippen molar-refractivity contribution in [3.63, 3.8) is 0 Å². The number of hydrogen-bond donors (Lipinski definition) is 3. The van der Waals surface area contributed by atoms with Crippen LogP contribution in [0.15, 0.2) is 59.1 Å². The third-order valence-corrected chi connectivity index (χ3v) is 4.96. The van der Waals surface area contributed by atoms with E-state index in [1.165, 1.54) is 11.8 Å². The van der Waals surface area contributed by atoms with Crippen molar-refractivity contribution >= 4 is 29.4 Å². The van der Waals surface area contributed by atoms with Gasteiger partial charge in [0.25, 0.3) is 0 Å². The average Bonchev–Trinajstić information content (AvgIpc) is 2.63. The summed E-state index contributed by atoms with van der Waals surface area (Å²) in [5, 5.41) is 21.3. The molecular formula is C19H22N2O4S. The van der Waals surface area contributed by atoms with E-state index in [0.717, 1.165) is 12.0 Å². The summed E-state index contributed by atoms with van der Waals surface area (Å²) < 4.78 is 0. The van der Waals surface area contributed by atoms with Crippen molar-refractivity contribution in [2.45, 2.75) is 31.3 Å². The Balaban J connectivity index is 2.18. The third-order valence-electron chi connectivity index (χ3n) is 3.76. The molecular weight excluding hydrogens is 352 g/mol. The lowest BCUT2D eigenvalue weighted by Gasteiger charge is -2.26. The molecule has 1 aromatic rings. The number of thioether (sulfide) groups is 1. The lowest BCUT2D eigenvalue weighted by molar-refractivity contribution is -0.139. The molecule has 0 amide bonds. The van der Waals surface area contributed by atoms with Crippen molar-refractivity contribution in [3.05, 3.63) is 59.7 Å². The van der Waals surface area contributed by atoms with Gasteiger partial charge in [-0.05, 0) is 17.6 Å². The number of aliphatic carboxylic acids is 2. The van der Waals surface area contributed by atoms with Gasteiger partial charge in [-0.25, -0.2) is 4.79 Å². The summed E-state index contributed by atoms with van der Waals surface area (Å²) >= 11 is 1.33. The van der Waals surface area contributed by atoms with E-state index in [2.05, 4.69) is 10.3 Å². The molecule has 2 atom stereocenters. The fourth-order valence-corrected chi connectivity index (χ4v) is 3.60. The zero-order valence-electron chi connectivity index (χ0n) is 14.5. The van der Waals surface area contributed by atoms with Crippen LogP contribution in [0.2, 0.25) is 0 Å². The highest BCUT2D eigenvalue weighted by Gasteiger charge is 2.33. The summed E-state index contributed by atoms with van der Waals surface area (Å²) in [6.45, 7) is 2.36. The number of aliphatic imine (C=N–C) groups is 1. The molecule has 0 saturated carbocycles. The van der Waals surface area contributed by atoms with Crippen LogP contribution in [-0.2, 0) is 16.1 Å². The molecule has 26 heavy (non-hydrogen) atoms. The Morgan fingerprint density at radius 3 is 2.69 bits per heavy atom. The fraction of sp³-hybridized carbons (Fsp3) is 0.316. The van der Waals surface area contributed by atoms with Crippen LogP contribution in [0.4, 0.5) is 0 Å². The van der Waals surface area contributed by atoms with Crippen molar-refractivity contribution in [3.8, 4) is 0 Å². The Bertz CT molecular complexity index is 728. The second kappa shape index (κ2) is 9.94. The topological polar surface area (TPSA) is 99.0 Å². The molecule has 7 heteroatoms. The first-order valence-corrected chi connectivity index (χ1v) is 9.36. The minimum atomic E-state index is -1.14. The highest BCUT2D eigenvalue weighted by molar-refractivity contribution is 8.00. The maximum atomic E-state index is 11.7. The second-order valence-electron chi connectivity index (χ2n) is 5.70. The quantitative estimate of drug-likeness (QED) is 0.647. The Morgan fingerprint density at radius 1 is 1.35 bits per heavy atom. The Kier molecular flexibility index (Phi) is 7.62. The molecule has 6 nitrogen and oxygen atoms in total. The average molecular weight is 374 g/mol. The van der Waals surface area contributed by atoms with Gasteiger partial charge in [0, 0.05) is 12.3 Å². The van der Waals surface area contributed by atoms with Crippen molar-refractivity contribution in [1.82, 2.24) is 5.32 Å². The molecule has 1 heterocycles. The molecule has 2 rings (SSSR count). The van der Waals surface area contributed by atoms with Gasteiger partial charge >= 0.3 is 11.9 Å². The van der Waals surface area contributed by atoms with Crippen LogP contribution in [0, 0.1) is 0 Å². The number of nitrogens with one attached hydrogen (secondary N) is 1. The first-order chi connectivity index (χ1) is 12.5. The summed E-state index contributed by atoms with van der Waals surface area (Å²) in [5.74, 6) is -1.79. The zero-order chi connectivity index (χ0) is 18.9. The molecule has 0 spiro atoms. The molecule has 1 aliphatic heterocycles. The minimum Gasteiger partial charge on any atom is -0.480 e.